The van der Waals surface area contributed by atoms with Crippen molar-refractivity contribution in [2.45, 2.75) is 26.4 Å². The van der Waals surface area contributed by atoms with Crippen molar-refractivity contribution in [3.63, 3.8) is 0 Å². The van der Waals surface area contributed by atoms with E-state index in [-0.39, 0.29) is 11.1 Å². The van der Waals surface area contributed by atoms with E-state index in [4.69, 9.17) is 0 Å². The Bertz CT molecular complexity index is 326. The molecule has 1 rings (SSSR count). The summed E-state index contributed by atoms with van der Waals surface area (Å²) in [5, 5.41) is 9.57. The number of rotatable bonds is 1. The minimum absolute atomic E-state index is 0.0208. The second kappa shape index (κ2) is 3.07. The van der Waals surface area contributed by atoms with Gasteiger partial charge in [0.25, 0.3) is 0 Å². The topological polar surface area (TPSA) is 20.2 Å². The van der Waals surface area contributed by atoms with Crippen molar-refractivity contribution in [3.8, 4) is 0 Å². The van der Waals surface area contributed by atoms with Crippen LogP contribution in [0.25, 0.3) is 0 Å². The molecule has 1 nitrogen and oxygen atoms in total. The summed E-state index contributed by atoms with van der Waals surface area (Å²) in [6.45, 7) is 4.31. The Hall–Kier alpha value is -0.960. The number of aliphatic hydroxyl groups is 1. The van der Waals surface area contributed by atoms with Crippen LogP contribution in [0.1, 0.15) is 25.0 Å². The summed E-state index contributed by atoms with van der Waals surface area (Å²) in [5.41, 5.74) is -1.17. The lowest BCUT2D eigenvalue weighted by atomic mass is 9.93. The molecule has 0 saturated heterocycles. The molecule has 0 spiro atoms. The zero-order chi connectivity index (χ0) is 10.2. The first-order chi connectivity index (χ1) is 5.84. The van der Waals surface area contributed by atoms with Crippen LogP contribution in [0.3, 0.4) is 0 Å². The molecule has 1 aromatic rings. The van der Waals surface area contributed by atoms with Crippen LogP contribution in [0.15, 0.2) is 12.1 Å². The average Bonchev–Trinajstić information content (AvgIpc) is 1.95. The van der Waals surface area contributed by atoms with E-state index in [0.29, 0.717) is 0 Å². The van der Waals surface area contributed by atoms with Crippen LogP contribution in [0, 0.1) is 18.6 Å². The van der Waals surface area contributed by atoms with Crippen LogP contribution in [0.4, 0.5) is 8.78 Å². The molecule has 0 aliphatic heterocycles. The van der Waals surface area contributed by atoms with Gasteiger partial charge in [0.1, 0.15) is 11.6 Å². The maximum atomic E-state index is 13.2. The maximum absolute atomic E-state index is 13.2. The summed E-state index contributed by atoms with van der Waals surface area (Å²) < 4.78 is 26.2. The zero-order valence-corrected chi connectivity index (χ0v) is 7.86. The van der Waals surface area contributed by atoms with Crippen molar-refractivity contribution < 1.29 is 13.9 Å². The highest BCUT2D eigenvalue weighted by atomic mass is 19.1. The maximum Gasteiger partial charge on any atom is 0.129 e. The summed E-state index contributed by atoms with van der Waals surface area (Å²) in [6.07, 6.45) is 0. The number of benzene rings is 1. The molecule has 0 fully saturated rings. The van der Waals surface area contributed by atoms with Gasteiger partial charge in [-0.2, -0.15) is 0 Å². The molecule has 1 N–H and O–H groups in total. The highest BCUT2D eigenvalue weighted by Crippen LogP contribution is 2.27. The molecule has 0 amide bonds. The molecule has 13 heavy (non-hydrogen) atoms. The van der Waals surface area contributed by atoms with E-state index in [1.165, 1.54) is 20.8 Å². The molecule has 0 atom stereocenters. The lowest BCUT2D eigenvalue weighted by Gasteiger charge is -2.21. The van der Waals surface area contributed by atoms with Crippen LogP contribution < -0.4 is 0 Å². The molecule has 0 unspecified atom stereocenters. The zero-order valence-electron chi connectivity index (χ0n) is 7.86. The molecule has 72 valence electrons. The fourth-order valence-electron chi connectivity index (χ4n) is 1.40. The molecular formula is C10H12F2O. The van der Waals surface area contributed by atoms with Gasteiger partial charge in [0, 0.05) is 5.56 Å². The van der Waals surface area contributed by atoms with Gasteiger partial charge in [0.2, 0.25) is 0 Å². The lowest BCUT2D eigenvalue weighted by molar-refractivity contribution is 0.0733. The van der Waals surface area contributed by atoms with Gasteiger partial charge in [0.15, 0.2) is 0 Å². The van der Waals surface area contributed by atoms with E-state index >= 15 is 0 Å². The molecule has 0 radical (unpaired) electrons. The van der Waals surface area contributed by atoms with E-state index in [0.717, 1.165) is 12.1 Å². The Labute approximate surface area is 76.0 Å². The fourth-order valence-corrected chi connectivity index (χ4v) is 1.40. The minimum atomic E-state index is -1.35. The molecule has 0 heterocycles. The summed E-state index contributed by atoms with van der Waals surface area (Å²) in [4.78, 5) is 0. The van der Waals surface area contributed by atoms with Gasteiger partial charge in [-0.25, -0.2) is 8.78 Å². The quantitative estimate of drug-likeness (QED) is 0.714. The largest absolute Gasteiger partial charge is 0.386 e. The molecule has 3 heteroatoms. The summed E-state index contributed by atoms with van der Waals surface area (Å²) in [5.74, 6) is -1.08. The summed E-state index contributed by atoms with van der Waals surface area (Å²) >= 11 is 0. The third-order valence-electron chi connectivity index (χ3n) is 1.96. The van der Waals surface area contributed by atoms with E-state index in [1.807, 2.05) is 0 Å². The Balaban J connectivity index is 3.43. The fraction of sp³-hybridized carbons (Fsp3) is 0.400. The molecule has 0 aliphatic carbocycles. The Kier molecular flexibility index (Phi) is 2.39. The normalized spacial score (nSPS) is 11.8. The highest BCUT2D eigenvalue weighted by Gasteiger charge is 2.24. The smallest absolute Gasteiger partial charge is 0.129 e. The Morgan fingerprint density at radius 3 is 2.00 bits per heavy atom. The van der Waals surface area contributed by atoms with Crippen molar-refractivity contribution >= 4 is 0 Å². The second-order valence-electron chi connectivity index (χ2n) is 3.59. The van der Waals surface area contributed by atoms with E-state index in [2.05, 4.69) is 0 Å². The molecule has 0 bridgehead atoms. The number of halogens is 2. The molecular weight excluding hydrogens is 174 g/mol. The third-order valence-corrected chi connectivity index (χ3v) is 1.96. The Morgan fingerprint density at radius 1 is 1.15 bits per heavy atom. The molecule has 0 saturated carbocycles. The van der Waals surface area contributed by atoms with Gasteiger partial charge >= 0.3 is 0 Å². The molecule has 1 aromatic carbocycles. The van der Waals surface area contributed by atoms with Crippen molar-refractivity contribution in [2.24, 2.45) is 0 Å². The standard InChI is InChI=1S/C10H12F2O/c1-6-7(11)4-5-8(12)9(6)10(2,3)13/h4-5,13H,1-3H3. The van der Waals surface area contributed by atoms with E-state index in [9.17, 15) is 13.9 Å². The first-order valence-corrected chi connectivity index (χ1v) is 4.01. The third kappa shape index (κ3) is 1.86. The van der Waals surface area contributed by atoms with Gasteiger partial charge < -0.3 is 5.11 Å². The second-order valence-corrected chi connectivity index (χ2v) is 3.59. The number of hydrogen-bond acceptors (Lipinski definition) is 1. The van der Waals surface area contributed by atoms with Crippen molar-refractivity contribution in [1.29, 1.82) is 0 Å². The predicted octanol–water partition coefficient (Wildman–Crippen LogP) is 2.50. The lowest BCUT2D eigenvalue weighted by Crippen LogP contribution is -2.20. The molecule has 0 aromatic heterocycles. The van der Waals surface area contributed by atoms with Gasteiger partial charge in [0.05, 0.1) is 5.60 Å². The van der Waals surface area contributed by atoms with Crippen LogP contribution in [-0.2, 0) is 5.60 Å². The van der Waals surface area contributed by atoms with Crippen molar-refractivity contribution in [2.75, 3.05) is 0 Å². The first kappa shape index (κ1) is 10.1. The Morgan fingerprint density at radius 2 is 1.62 bits per heavy atom. The van der Waals surface area contributed by atoms with Crippen LogP contribution in [0.5, 0.6) is 0 Å². The van der Waals surface area contributed by atoms with Crippen molar-refractivity contribution in [3.05, 3.63) is 34.9 Å². The minimum Gasteiger partial charge on any atom is -0.386 e. The first-order valence-electron chi connectivity index (χ1n) is 4.01. The van der Waals surface area contributed by atoms with Gasteiger partial charge in [-0.3, -0.25) is 0 Å². The van der Waals surface area contributed by atoms with Gasteiger partial charge in [-0.05, 0) is 38.5 Å². The average molecular weight is 186 g/mol. The summed E-state index contributed by atoms with van der Waals surface area (Å²) in [6, 6.07) is 2.08. The monoisotopic (exact) mass is 186 g/mol. The summed E-state index contributed by atoms with van der Waals surface area (Å²) in [7, 11) is 0. The number of hydrogen-bond donors (Lipinski definition) is 1. The van der Waals surface area contributed by atoms with Crippen LogP contribution in [0.2, 0.25) is 0 Å². The van der Waals surface area contributed by atoms with Gasteiger partial charge in [-0.15, -0.1) is 0 Å². The van der Waals surface area contributed by atoms with Gasteiger partial charge in [-0.1, -0.05) is 0 Å². The highest BCUT2D eigenvalue weighted by molar-refractivity contribution is 5.32. The predicted molar refractivity (Wildman–Crippen MR) is 46.3 cm³/mol. The van der Waals surface area contributed by atoms with Crippen LogP contribution in [-0.4, -0.2) is 5.11 Å². The molecule has 0 aliphatic rings. The SMILES string of the molecule is Cc1c(F)ccc(F)c1C(C)(C)O. The van der Waals surface area contributed by atoms with E-state index < -0.39 is 17.2 Å². The van der Waals surface area contributed by atoms with Crippen LogP contribution >= 0.6 is 0 Å². The van der Waals surface area contributed by atoms with Crippen molar-refractivity contribution in [1.82, 2.24) is 0 Å². The van der Waals surface area contributed by atoms with E-state index in [1.54, 1.807) is 0 Å².